The summed E-state index contributed by atoms with van der Waals surface area (Å²) in [5, 5.41) is 7.83. The van der Waals surface area contributed by atoms with Gasteiger partial charge in [-0.1, -0.05) is 0 Å². The van der Waals surface area contributed by atoms with E-state index in [0.717, 1.165) is 75.4 Å². The topological polar surface area (TPSA) is 147 Å². The monoisotopic (exact) mass is 558 g/mol. The second kappa shape index (κ2) is 11.3. The first-order chi connectivity index (χ1) is 19.9. The molecule has 12 heteroatoms. The van der Waals surface area contributed by atoms with Crippen LogP contribution in [0.15, 0.2) is 47.5 Å². The summed E-state index contributed by atoms with van der Waals surface area (Å²) in [7, 11) is 0. The molecule has 3 aliphatic rings. The zero-order valence-corrected chi connectivity index (χ0v) is 22.9. The van der Waals surface area contributed by atoms with E-state index in [1.165, 1.54) is 4.68 Å². The summed E-state index contributed by atoms with van der Waals surface area (Å²) in [6.45, 7) is 6.80. The summed E-state index contributed by atoms with van der Waals surface area (Å²) >= 11 is 0. The number of nitrogens with zero attached hydrogens (tertiary/aromatic N) is 6. The lowest BCUT2D eigenvalue weighted by atomic mass is 9.95. The zero-order chi connectivity index (χ0) is 28.5. The van der Waals surface area contributed by atoms with E-state index >= 15 is 0 Å². The Balaban J connectivity index is 1.02. The minimum absolute atomic E-state index is 0.193. The third-order valence-electron chi connectivity index (χ3n) is 8.53. The van der Waals surface area contributed by atoms with Crippen molar-refractivity contribution in [3.05, 3.63) is 58.8 Å². The standard InChI is InChI=1S/C29H34N8O4/c30-27(39)24-4-2-22(17-31-24)35-9-7-19(8-10-35)18-34-11-13-36(14-12-34)21-1-3-23-20(15-21)16-32-37(29(23)41)25-5-6-26(38)33-28(25)40/h1-4,15-17,19,25H,5-14,18H2,(H2,30,39)(H,33,38,40)/t25-/m0/s1. The van der Waals surface area contributed by atoms with Crippen LogP contribution in [0.5, 0.6) is 0 Å². The van der Waals surface area contributed by atoms with E-state index in [1.54, 1.807) is 18.5 Å². The number of aromatic nitrogens is 3. The second-order valence-electron chi connectivity index (χ2n) is 11.1. The number of fused-ring (bicyclic) bond motifs is 1. The number of hydrogen-bond donors (Lipinski definition) is 2. The highest BCUT2D eigenvalue weighted by Gasteiger charge is 2.30. The van der Waals surface area contributed by atoms with Crippen LogP contribution < -0.4 is 26.4 Å². The summed E-state index contributed by atoms with van der Waals surface area (Å²) in [5.41, 5.74) is 7.35. The van der Waals surface area contributed by atoms with Crippen molar-refractivity contribution >= 4 is 39.9 Å². The van der Waals surface area contributed by atoms with Gasteiger partial charge >= 0.3 is 0 Å². The van der Waals surface area contributed by atoms with Crippen LogP contribution in [0.3, 0.4) is 0 Å². The lowest BCUT2D eigenvalue weighted by Gasteiger charge is -2.40. The molecule has 3 saturated heterocycles. The summed E-state index contributed by atoms with van der Waals surface area (Å²) in [6.07, 6.45) is 6.07. The maximum Gasteiger partial charge on any atom is 0.275 e. The number of piperazine rings is 1. The van der Waals surface area contributed by atoms with Crippen molar-refractivity contribution in [1.82, 2.24) is 25.0 Å². The highest BCUT2D eigenvalue weighted by molar-refractivity contribution is 5.99. The third kappa shape index (κ3) is 5.64. The number of benzene rings is 1. The third-order valence-corrected chi connectivity index (χ3v) is 8.53. The molecule has 0 radical (unpaired) electrons. The summed E-state index contributed by atoms with van der Waals surface area (Å²) in [6, 6.07) is 8.62. The predicted octanol–water partition coefficient (Wildman–Crippen LogP) is 0.907. The Kier molecular flexibility index (Phi) is 7.39. The maximum absolute atomic E-state index is 13.1. The summed E-state index contributed by atoms with van der Waals surface area (Å²) in [4.78, 5) is 59.5. The molecule has 0 aliphatic carbocycles. The first-order valence-corrected chi connectivity index (χ1v) is 14.2. The maximum atomic E-state index is 13.1. The molecule has 5 heterocycles. The number of hydrogen-bond acceptors (Lipinski definition) is 9. The van der Waals surface area contributed by atoms with E-state index in [2.05, 4.69) is 30.1 Å². The van der Waals surface area contributed by atoms with E-state index in [9.17, 15) is 19.2 Å². The van der Waals surface area contributed by atoms with Gasteiger partial charge in [-0.05, 0) is 55.5 Å². The Morgan fingerprint density at radius 3 is 2.32 bits per heavy atom. The fraction of sp³-hybridized carbons (Fsp3) is 0.448. The molecule has 1 atom stereocenters. The van der Waals surface area contributed by atoms with Crippen LogP contribution in [0.1, 0.15) is 42.2 Å². The lowest BCUT2D eigenvalue weighted by Crippen LogP contribution is -2.49. The molecule has 3 fully saturated rings. The van der Waals surface area contributed by atoms with Gasteiger partial charge < -0.3 is 15.5 Å². The first kappa shape index (κ1) is 26.9. The molecule has 214 valence electrons. The number of rotatable bonds is 6. The van der Waals surface area contributed by atoms with Crippen LogP contribution >= 0.6 is 0 Å². The minimum atomic E-state index is -0.767. The van der Waals surface area contributed by atoms with Gasteiger partial charge in [-0.25, -0.2) is 9.67 Å². The van der Waals surface area contributed by atoms with Crippen molar-refractivity contribution in [2.45, 2.75) is 31.7 Å². The molecular weight excluding hydrogens is 524 g/mol. The highest BCUT2D eigenvalue weighted by atomic mass is 16.2. The van der Waals surface area contributed by atoms with Crippen molar-refractivity contribution < 1.29 is 14.4 Å². The average Bonchev–Trinajstić information content (AvgIpc) is 2.98. The highest BCUT2D eigenvalue weighted by Crippen LogP contribution is 2.26. The van der Waals surface area contributed by atoms with E-state index < -0.39 is 17.9 Å². The molecule has 0 spiro atoms. The number of primary amides is 1. The zero-order valence-electron chi connectivity index (χ0n) is 22.9. The number of nitrogens with two attached hydrogens (primary N) is 1. The number of piperidine rings is 2. The van der Waals surface area contributed by atoms with Crippen LogP contribution in [-0.4, -0.2) is 83.2 Å². The molecule has 3 N–H and O–H groups in total. The number of nitrogens with one attached hydrogen (secondary N) is 1. The van der Waals surface area contributed by atoms with Gasteiger partial charge in [0, 0.05) is 63.3 Å². The number of amides is 3. The van der Waals surface area contributed by atoms with Crippen molar-refractivity contribution in [2.24, 2.45) is 11.7 Å². The van der Waals surface area contributed by atoms with Gasteiger partial charge in [0.1, 0.15) is 11.7 Å². The van der Waals surface area contributed by atoms with Gasteiger partial charge in [-0.2, -0.15) is 5.10 Å². The molecule has 0 saturated carbocycles. The molecule has 3 aromatic rings. The SMILES string of the molecule is NC(=O)c1ccc(N2CCC(CN3CCN(c4ccc5c(=O)n([C@H]6CCC(=O)NC6=O)ncc5c4)CC3)CC2)cn1. The smallest absolute Gasteiger partial charge is 0.275 e. The number of imide groups is 1. The fourth-order valence-electron chi connectivity index (χ4n) is 6.13. The van der Waals surface area contributed by atoms with Gasteiger partial charge in [0.15, 0.2) is 0 Å². The molecule has 6 rings (SSSR count). The van der Waals surface area contributed by atoms with Crippen LogP contribution in [0, 0.1) is 5.92 Å². The van der Waals surface area contributed by atoms with Crippen LogP contribution in [0.2, 0.25) is 0 Å². The van der Waals surface area contributed by atoms with Crippen molar-refractivity contribution in [1.29, 1.82) is 0 Å². The molecule has 41 heavy (non-hydrogen) atoms. The van der Waals surface area contributed by atoms with Crippen LogP contribution in [0.4, 0.5) is 11.4 Å². The predicted molar refractivity (Wildman–Crippen MR) is 154 cm³/mol. The van der Waals surface area contributed by atoms with E-state index in [4.69, 9.17) is 5.73 Å². The van der Waals surface area contributed by atoms with Crippen molar-refractivity contribution in [2.75, 3.05) is 55.6 Å². The molecular formula is C29H34N8O4. The van der Waals surface area contributed by atoms with E-state index in [1.807, 2.05) is 24.3 Å². The molecule has 0 unspecified atom stereocenters. The van der Waals surface area contributed by atoms with Gasteiger partial charge in [0.25, 0.3) is 17.4 Å². The number of carbonyl (C=O) groups is 3. The number of anilines is 2. The molecule has 3 amide bonds. The van der Waals surface area contributed by atoms with E-state index in [0.29, 0.717) is 11.3 Å². The minimum Gasteiger partial charge on any atom is -0.370 e. The first-order valence-electron chi connectivity index (χ1n) is 14.2. The Morgan fingerprint density at radius 2 is 1.63 bits per heavy atom. The Hall–Kier alpha value is -4.32. The normalized spacial score (nSPS) is 20.8. The van der Waals surface area contributed by atoms with E-state index in [-0.39, 0.29) is 30.0 Å². The molecule has 3 aliphatic heterocycles. The molecule has 2 aromatic heterocycles. The van der Waals surface area contributed by atoms with Gasteiger partial charge in [0.2, 0.25) is 5.91 Å². The molecule has 12 nitrogen and oxygen atoms in total. The fourth-order valence-corrected chi connectivity index (χ4v) is 6.13. The van der Waals surface area contributed by atoms with Gasteiger partial charge in [-0.3, -0.25) is 29.4 Å². The van der Waals surface area contributed by atoms with Crippen molar-refractivity contribution in [3.8, 4) is 0 Å². The van der Waals surface area contributed by atoms with Gasteiger partial charge in [-0.15, -0.1) is 0 Å². The second-order valence-corrected chi connectivity index (χ2v) is 11.1. The number of carbonyl (C=O) groups excluding carboxylic acids is 3. The lowest BCUT2D eigenvalue weighted by molar-refractivity contribution is -0.136. The average molecular weight is 559 g/mol. The Morgan fingerprint density at radius 1 is 0.902 bits per heavy atom. The van der Waals surface area contributed by atoms with Gasteiger partial charge in [0.05, 0.1) is 23.5 Å². The van der Waals surface area contributed by atoms with Crippen LogP contribution in [-0.2, 0) is 9.59 Å². The van der Waals surface area contributed by atoms with Crippen LogP contribution in [0.25, 0.3) is 10.8 Å². The quantitative estimate of drug-likeness (QED) is 0.421. The molecule has 1 aromatic carbocycles. The number of pyridine rings is 1. The Labute approximate surface area is 237 Å². The summed E-state index contributed by atoms with van der Waals surface area (Å²) in [5.74, 6) is -0.666. The molecule has 0 bridgehead atoms. The Bertz CT molecular complexity index is 1520. The summed E-state index contributed by atoms with van der Waals surface area (Å²) < 4.78 is 1.20. The largest absolute Gasteiger partial charge is 0.370 e. The van der Waals surface area contributed by atoms with Crippen molar-refractivity contribution in [3.63, 3.8) is 0 Å².